The van der Waals surface area contributed by atoms with Crippen LogP contribution < -0.4 is 10.2 Å². The van der Waals surface area contributed by atoms with E-state index < -0.39 is 0 Å². The Morgan fingerprint density at radius 1 is 1.29 bits per heavy atom. The summed E-state index contributed by atoms with van der Waals surface area (Å²) in [7, 11) is 0. The van der Waals surface area contributed by atoms with Crippen LogP contribution >= 0.6 is 27.3 Å². The van der Waals surface area contributed by atoms with Gasteiger partial charge in [0.2, 0.25) is 0 Å². The number of carbonyl (C=O) groups is 1. The molecular formula is C21H23BrN4OS. The number of piperidine rings is 1. The Balaban J connectivity index is 1.71. The van der Waals surface area contributed by atoms with Crippen LogP contribution in [0.3, 0.4) is 0 Å². The van der Waals surface area contributed by atoms with Gasteiger partial charge < -0.3 is 10.2 Å². The summed E-state index contributed by atoms with van der Waals surface area (Å²) >= 11 is 4.90. The number of aromatic nitrogens is 2. The number of carbonyl (C=O) groups excluding carboxylic acids is 1. The Morgan fingerprint density at radius 3 is 2.86 bits per heavy atom. The lowest BCUT2D eigenvalue weighted by Gasteiger charge is -2.34. The number of amides is 1. The van der Waals surface area contributed by atoms with Gasteiger partial charge in [0, 0.05) is 22.7 Å². The van der Waals surface area contributed by atoms with Crippen LogP contribution in [0, 0.1) is 13.8 Å². The van der Waals surface area contributed by atoms with E-state index in [2.05, 4.69) is 43.0 Å². The van der Waals surface area contributed by atoms with Gasteiger partial charge in [0.05, 0.1) is 10.3 Å². The normalized spacial score (nSPS) is 17.1. The van der Waals surface area contributed by atoms with Crippen LogP contribution in [0.4, 0.5) is 11.5 Å². The number of anilines is 2. The second kappa shape index (κ2) is 7.79. The molecule has 0 bridgehead atoms. The highest BCUT2D eigenvalue weighted by Gasteiger charge is 2.26. The van der Waals surface area contributed by atoms with Gasteiger partial charge in [-0.1, -0.05) is 15.9 Å². The number of hydrogen-bond donors (Lipinski definition) is 1. The molecule has 1 saturated heterocycles. The van der Waals surface area contributed by atoms with Crippen LogP contribution in [0.1, 0.15) is 47.0 Å². The number of aryl methyl sites for hydroxylation is 2. The van der Waals surface area contributed by atoms with E-state index in [4.69, 9.17) is 0 Å². The number of nitrogens with one attached hydrogen (secondary N) is 1. The van der Waals surface area contributed by atoms with E-state index in [-0.39, 0.29) is 5.91 Å². The predicted octanol–water partition coefficient (Wildman–Crippen LogP) is 5.70. The second-order valence-electron chi connectivity index (χ2n) is 7.39. The van der Waals surface area contributed by atoms with Crippen molar-refractivity contribution in [1.29, 1.82) is 0 Å². The molecule has 1 fully saturated rings. The van der Waals surface area contributed by atoms with Gasteiger partial charge >= 0.3 is 0 Å². The molecule has 0 spiro atoms. The van der Waals surface area contributed by atoms with Crippen LogP contribution in [-0.4, -0.2) is 28.5 Å². The first-order chi connectivity index (χ1) is 13.5. The van der Waals surface area contributed by atoms with E-state index in [1.54, 1.807) is 6.33 Å². The van der Waals surface area contributed by atoms with Crippen molar-refractivity contribution in [1.82, 2.24) is 9.97 Å². The van der Waals surface area contributed by atoms with Crippen molar-refractivity contribution in [3.8, 4) is 0 Å². The lowest BCUT2D eigenvalue weighted by atomic mass is 10.0. The maximum absolute atomic E-state index is 13.0. The van der Waals surface area contributed by atoms with Crippen molar-refractivity contribution < 1.29 is 4.79 Å². The number of hydrogen-bond acceptors (Lipinski definition) is 5. The second-order valence-corrected chi connectivity index (χ2v) is 9.30. The maximum atomic E-state index is 13.0. The average molecular weight is 459 g/mol. The van der Waals surface area contributed by atoms with Crippen molar-refractivity contribution in [3.63, 3.8) is 0 Å². The van der Waals surface area contributed by atoms with Gasteiger partial charge in [-0.25, -0.2) is 9.97 Å². The predicted molar refractivity (Wildman–Crippen MR) is 120 cm³/mol. The molecule has 7 heteroatoms. The molecule has 3 heterocycles. The van der Waals surface area contributed by atoms with E-state index >= 15 is 0 Å². The fourth-order valence-corrected chi connectivity index (χ4v) is 5.36. The minimum atomic E-state index is -0.0939. The third-order valence-electron chi connectivity index (χ3n) is 5.42. The maximum Gasteiger partial charge on any atom is 0.266 e. The molecule has 1 amide bonds. The quantitative estimate of drug-likeness (QED) is 0.546. The molecule has 0 unspecified atom stereocenters. The van der Waals surface area contributed by atoms with E-state index in [0.717, 1.165) is 43.9 Å². The van der Waals surface area contributed by atoms with Crippen LogP contribution in [0.2, 0.25) is 0 Å². The first kappa shape index (κ1) is 19.3. The summed E-state index contributed by atoms with van der Waals surface area (Å²) in [6.45, 7) is 7.24. The summed E-state index contributed by atoms with van der Waals surface area (Å²) in [5, 5.41) is 4.07. The summed E-state index contributed by atoms with van der Waals surface area (Å²) in [6, 6.07) is 6.30. The van der Waals surface area contributed by atoms with Gasteiger partial charge in [0.25, 0.3) is 5.91 Å². The number of benzene rings is 1. The Morgan fingerprint density at radius 2 is 2.11 bits per heavy atom. The van der Waals surface area contributed by atoms with Gasteiger partial charge in [-0.05, 0) is 69.4 Å². The highest BCUT2D eigenvalue weighted by atomic mass is 79.9. The standard InChI is InChI=1S/C21H23BrN4OS/c1-12-10-15(22)7-8-16(12)25-20(27)18-14(3)17-19(23-11-24-21(17)28-18)26-9-5-4-6-13(26)2/h7-8,10-11,13H,4-6,9H2,1-3H3,(H,25,27)/t13-/m0/s1. The molecule has 0 saturated carbocycles. The monoisotopic (exact) mass is 458 g/mol. The molecule has 146 valence electrons. The number of fused-ring (bicyclic) bond motifs is 1. The lowest BCUT2D eigenvalue weighted by molar-refractivity contribution is 0.103. The number of halogens is 1. The summed E-state index contributed by atoms with van der Waals surface area (Å²) in [4.78, 5) is 26.0. The van der Waals surface area contributed by atoms with E-state index in [1.807, 2.05) is 32.0 Å². The van der Waals surface area contributed by atoms with Gasteiger partial charge in [0.1, 0.15) is 17.0 Å². The van der Waals surface area contributed by atoms with E-state index in [1.165, 1.54) is 30.6 Å². The molecule has 1 aliphatic heterocycles. The molecule has 1 aliphatic rings. The molecule has 4 rings (SSSR count). The fraction of sp³-hybridized carbons (Fsp3) is 0.381. The third-order valence-corrected chi connectivity index (χ3v) is 7.12. The molecule has 1 aromatic carbocycles. The molecule has 0 radical (unpaired) electrons. The largest absolute Gasteiger partial charge is 0.353 e. The zero-order chi connectivity index (χ0) is 19.8. The average Bonchev–Trinajstić information content (AvgIpc) is 3.01. The zero-order valence-corrected chi connectivity index (χ0v) is 18.7. The summed E-state index contributed by atoms with van der Waals surface area (Å²) in [6.07, 6.45) is 5.23. The summed E-state index contributed by atoms with van der Waals surface area (Å²) < 4.78 is 0.997. The Labute approximate surface area is 177 Å². The first-order valence-corrected chi connectivity index (χ1v) is 11.1. The van der Waals surface area contributed by atoms with E-state index in [0.29, 0.717) is 10.9 Å². The van der Waals surface area contributed by atoms with Crippen LogP contribution in [0.5, 0.6) is 0 Å². The fourth-order valence-electron chi connectivity index (χ4n) is 3.85. The highest BCUT2D eigenvalue weighted by Crippen LogP contribution is 2.37. The number of thiophene rings is 1. The Bertz CT molecular complexity index is 1050. The number of rotatable bonds is 3. The molecule has 28 heavy (non-hydrogen) atoms. The Kier molecular flexibility index (Phi) is 5.38. The van der Waals surface area contributed by atoms with E-state index in [9.17, 15) is 4.79 Å². The number of nitrogens with zero attached hydrogens (tertiary/aromatic N) is 3. The molecule has 1 atom stereocenters. The van der Waals surface area contributed by atoms with Gasteiger partial charge in [-0.15, -0.1) is 11.3 Å². The zero-order valence-electron chi connectivity index (χ0n) is 16.3. The van der Waals surface area contributed by atoms with Crippen LogP contribution in [0.15, 0.2) is 29.0 Å². The van der Waals surface area contributed by atoms with Gasteiger partial charge in [-0.2, -0.15) is 0 Å². The van der Waals surface area contributed by atoms with Crippen molar-refractivity contribution in [2.24, 2.45) is 0 Å². The van der Waals surface area contributed by atoms with Crippen molar-refractivity contribution >= 4 is 54.9 Å². The van der Waals surface area contributed by atoms with Crippen molar-refractivity contribution in [2.45, 2.75) is 46.1 Å². The van der Waals surface area contributed by atoms with Crippen LogP contribution in [0.25, 0.3) is 10.2 Å². The molecule has 2 aromatic heterocycles. The molecule has 5 nitrogen and oxygen atoms in total. The highest BCUT2D eigenvalue weighted by molar-refractivity contribution is 9.10. The smallest absolute Gasteiger partial charge is 0.266 e. The van der Waals surface area contributed by atoms with Crippen molar-refractivity contribution in [2.75, 3.05) is 16.8 Å². The minimum absolute atomic E-state index is 0.0939. The first-order valence-electron chi connectivity index (χ1n) is 9.54. The third kappa shape index (κ3) is 3.53. The lowest BCUT2D eigenvalue weighted by Crippen LogP contribution is -2.38. The molecule has 1 N–H and O–H groups in total. The summed E-state index contributed by atoms with van der Waals surface area (Å²) in [5.41, 5.74) is 2.80. The minimum Gasteiger partial charge on any atom is -0.353 e. The topological polar surface area (TPSA) is 58.1 Å². The van der Waals surface area contributed by atoms with Gasteiger partial charge in [0.15, 0.2) is 0 Å². The van der Waals surface area contributed by atoms with Crippen molar-refractivity contribution in [3.05, 3.63) is 45.0 Å². The molecular weight excluding hydrogens is 436 g/mol. The van der Waals surface area contributed by atoms with Crippen LogP contribution in [-0.2, 0) is 0 Å². The SMILES string of the molecule is Cc1cc(Br)ccc1NC(=O)c1sc2ncnc(N3CCCC[C@@H]3C)c2c1C. The molecule has 0 aliphatic carbocycles. The van der Waals surface area contributed by atoms with Gasteiger partial charge in [-0.3, -0.25) is 4.79 Å². The summed E-state index contributed by atoms with van der Waals surface area (Å²) in [5.74, 6) is 0.869. The molecule has 3 aromatic rings. The Hall–Kier alpha value is -1.99.